The minimum atomic E-state index is -0.312. The Morgan fingerprint density at radius 1 is 0.952 bits per heavy atom. The van der Waals surface area contributed by atoms with Crippen molar-refractivity contribution in [1.82, 2.24) is 0 Å². The second kappa shape index (κ2) is 7.23. The number of alkyl halides is 1. The molecule has 0 saturated carbocycles. The van der Waals surface area contributed by atoms with Crippen LogP contribution in [0.2, 0.25) is 0 Å². The van der Waals surface area contributed by atoms with Gasteiger partial charge in [0.25, 0.3) is 0 Å². The SMILES string of the molecule is CCOc1ccccc1C(Cl)c1ccc(OC)c(OC)c1. The van der Waals surface area contributed by atoms with E-state index in [0.29, 0.717) is 18.1 Å². The van der Waals surface area contributed by atoms with Gasteiger partial charge in [0.05, 0.1) is 26.2 Å². The van der Waals surface area contributed by atoms with Gasteiger partial charge in [-0.2, -0.15) is 0 Å². The molecule has 0 heterocycles. The van der Waals surface area contributed by atoms with Gasteiger partial charge in [-0.3, -0.25) is 0 Å². The molecule has 1 atom stereocenters. The first kappa shape index (κ1) is 15.5. The zero-order valence-corrected chi connectivity index (χ0v) is 13.2. The van der Waals surface area contributed by atoms with E-state index in [-0.39, 0.29) is 5.38 Å². The molecular formula is C17H19ClO3. The Bertz CT molecular complexity index is 598. The van der Waals surface area contributed by atoms with E-state index in [9.17, 15) is 0 Å². The summed E-state index contributed by atoms with van der Waals surface area (Å²) >= 11 is 6.62. The van der Waals surface area contributed by atoms with Gasteiger partial charge in [0, 0.05) is 5.56 Å². The number of hydrogen-bond donors (Lipinski definition) is 0. The Kier molecular flexibility index (Phi) is 5.34. The molecule has 4 heteroatoms. The molecule has 0 radical (unpaired) electrons. The Labute approximate surface area is 130 Å². The maximum atomic E-state index is 6.62. The van der Waals surface area contributed by atoms with Gasteiger partial charge in [-0.25, -0.2) is 0 Å². The highest BCUT2D eigenvalue weighted by molar-refractivity contribution is 6.22. The number of methoxy groups -OCH3 is 2. The van der Waals surface area contributed by atoms with Crippen molar-refractivity contribution < 1.29 is 14.2 Å². The zero-order valence-electron chi connectivity index (χ0n) is 12.4. The number of para-hydroxylation sites is 1. The van der Waals surface area contributed by atoms with Gasteiger partial charge >= 0.3 is 0 Å². The van der Waals surface area contributed by atoms with E-state index in [4.69, 9.17) is 25.8 Å². The molecular weight excluding hydrogens is 288 g/mol. The quantitative estimate of drug-likeness (QED) is 0.739. The van der Waals surface area contributed by atoms with Gasteiger partial charge in [0.2, 0.25) is 0 Å². The number of rotatable bonds is 6. The molecule has 0 spiro atoms. The second-order valence-electron chi connectivity index (χ2n) is 4.45. The van der Waals surface area contributed by atoms with Gasteiger partial charge in [0.15, 0.2) is 11.5 Å². The number of hydrogen-bond acceptors (Lipinski definition) is 3. The normalized spacial score (nSPS) is 11.8. The van der Waals surface area contributed by atoms with Crippen LogP contribution in [0.3, 0.4) is 0 Å². The van der Waals surface area contributed by atoms with Crippen LogP contribution in [0.25, 0.3) is 0 Å². The highest BCUT2D eigenvalue weighted by atomic mass is 35.5. The van der Waals surface area contributed by atoms with Crippen LogP contribution in [0.5, 0.6) is 17.2 Å². The van der Waals surface area contributed by atoms with Crippen LogP contribution in [0.15, 0.2) is 42.5 Å². The third-order valence-corrected chi connectivity index (χ3v) is 3.68. The third kappa shape index (κ3) is 3.42. The van der Waals surface area contributed by atoms with Gasteiger partial charge in [-0.1, -0.05) is 24.3 Å². The molecule has 0 aliphatic heterocycles. The average molecular weight is 307 g/mol. The lowest BCUT2D eigenvalue weighted by molar-refractivity contribution is 0.336. The first-order valence-electron chi connectivity index (χ1n) is 6.79. The Balaban J connectivity index is 2.38. The van der Waals surface area contributed by atoms with Crippen LogP contribution in [-0.4, -0.2) is 20.8 Å². The summed E-state index contributed by atoms with van der Waals surface area (Å²) in [5.41, 5.74) is 1.87. The summed E-state index contributed by atoms with van der Waals surface area (Å²) in [6.07, 6.45) is 0. The van der Waals surface area contributed by atoms with Crippen LogP contribution in [0.4, 0.5) is 0 Å². The highest BCUT2D eigenvalue weighted by Gasteiger charge is 2.17. The fourth-order valence-electron chi connectivity index (χ4n) is 2.17. The lowest BCUT2D eigenvalue weighted by Crippen LogP contribution is -2.01. The largest absolute Gasteiger partial charge is 0.494 e. The molecule has 0 fully saturated rings. The molecule has 21 heavy (non-hydrogen) atoms. The molecule has 2 rings (SSSR count). The summed E-state index contributed by atoms with van der Waals surface area (Å²) in [4.78, 5) is 0. The van der Waals surface area contributed by atoms with E-state index in [1.807, 2.05) is 49.4 Å². The minimum absolute atomic E-state index is 0.312. The maximum Gasteiger partial charge on any atom is 0.161 e. The van der Waals surface area contributed by atoms with Crippen LogP contribution in [0, 0.1) is 0 Å². The topological polar surface area (TPSA) is 27.7 Å². The number of halogens is 1. The van der Waals surface area contributed by atoms with Crippen LogP contribution >= 0.6 is 11.6 Å². The van der Waals surface area contributed by atoms with E-state index in [2.05, 4.69) is 0 Å². The predicted octanol–water partition coefficient (Wildman–Crippen LogP) is 4.43. The summed E-state index contributed by atoms with van der Waals surface area (Å²) in [6.45, 7) is 2.56. The first-order chi connectivity index (χ1) is 10.2. The summed E-state index contributed by atoms with van der Waals surface area (Å²) < 4.78 is 16.2. The van der Waals surface area contributed by atoms with Crippen molar-refractivity contribution in [3.63, 3.8) is 0 Å². The number of ether oxygens (including phenoxy) is 3. The second-order valence-corrected chi connectivity index (χ2v) is 4.88. The van der Waals surface area contributed by atoms with Crippen LogP contribution in [0.1, 0.15) is 23.4 Å². The van der Waals surface area contributed by atoms with Crippen LogP contribution in [-0.2, 0) is 0 Å². The molecule has 0 aliphatic rings. The predicted molar refractivity (Wildman–Crippen MR) is 84.9 cm³/mol. The summed E-state index contributed by atoms with van der Waals surface area (Å²) in [5.74, 6) is 2.15. The van der Waals surface area contributed by atoms with Crippen molar-refractivity contribution in [1.29, 1.82) is 0 Å². The van der Waals surface area contributed by atoms with Gasteiger partial charge in [0.1, 0.15) is 5.75 Å². The third-order valence-electron chi connectivity index (χ3n) is 3.19. The molecule has 2 aromatic rings. The molecule has 0 aliphatic carbocycles. The Morgan fingerprint density at radius 3 is 2.33 bits per heavy atom. The molecule has 2 aromatic carbocycles. The Morgan fingerprint density at radius 2 is 1.67 bits per heavy atom. The zero-order chi connectivity index (χ0) is 15.2. The molecule has 0 aromatic heterocycles. The standard InChI is InChI=1S/C17H19ClO3/c1-4-21-14-8-6-5-7-13(14)17(18)12-9-10-15(19-2)16(11-12)20-3/h5-11,17H,4H2,1-3H3. The first-order valence-corrected chi connectivity index (χ1v) is 7.22. The average Bonchev–Trinajstić information content (AvgIpc) is 2.54. The highest BCUT2D eigenvalue weighted by Crippen LogP contribution is 2.38. The number of benzene rings is 2. The molecule has 0 N–H and O–H groups in total. The maximum absolute atomic E-state index is 6.62. The van der Waals surface area contributed by atoms with Crippen molar-refractivity contribution in [3.05, 3.63) is 53.6 Å². The van der Waals surface area contributed by atoms with Gasteiger partial charge in [-0.05, 0) is 30.7 Å². The van der Waals surface area contributed by atoms with Gasteiger partial charge < -0.3 is 14.2 Å². The minimum Gasteiger partial charge on any atom is -0.494 e. The van der Waals surface area contributed by atoms with E-state index >= 15 is 0 Å². The fourth-order valence-corrected chi connectivity index (χ4v) is 2.48. The molecule has 112 valence electrons. The molecule has 0 saturated heterocycles. The summed E-state index contributed by atoms with van der Waals surface area (Å²) in [7, 11) is 3.22. The summed E-state index contributed by atoms with van der Waals surface area (Å²) in [6, 6.07) is 13.5. The fraction of sp³-hybridized carbons (Fsp3) is 0.294. The van der Waals surface area contributed by atoms with Crippen molar-refractivity contribution in [2.24, 2.45) is 0 Å². The Hall–Kier alpha value is -1.87. The summed E-state index contributed by atoms with van der Waals surface area (Å²) in [5, 5.41) is -0.312. The molecule has 0 bridgehead atoms. The molecule has 3 nitrogen and oxygen atoms in total. The monoisotopic (exact) mass is 306 g/mol. The van der Waals surface area contributed by atoms with Crippen molar-refractivity contribution in [2.45, 2.75) is 12.3 Å². The van der Waals surface area contributed by atoms with Crippen LogP contribution < -0.4 is 14.2 Å². The van der Waals surface area contributed by atoms with Crippen molar-refractivity contribution in [2.75, 3.05) is 20.8 Å². The molecule has 0 amide bonds. The van der Waals surface area contributed by atoms with E-state index in [1.54, 1.807) is 14.2 Å². The van der Waals surface area contributed by atoms with E-state index in [1.165, 1.54) is 0 Å². The van der Waals surface area contributed by atoms with Gasteiger partial charge in [-0.15, -0.1) is 11.6 Å². The smallest absolute Gasteiger partial charge is 0.161 e. The molecule has 1 unspecified atom stereocenters. The van der Waals surface area contributed by atoms with E-state index < -0.39 is 0 Å². The van der Waals surface area contributed by atoms with Crippen molar-refractivity contribution >= 4 is 11.6 Å². The van der Waals surface area contributed by atoms with Crippen molar-refractivity contribution in [3.8, 4) is 17.2 Å². The van der Waals surface area contributed by atoms with E-state index in [0.717, 1.165) is 16.9 Å². The lowest BCUT2D eigenvalue weighted by atomic mass is 10.0. The lowest BCUT2D eigenvalue weighted by Gasteiger charge is -2.17.